The number of hydrogen-bond acceptors (Lipinski definition) is 5. The molecule has 0 spiro atoms. The number of rotatable bonds is 6. The quantitative estimate of drug-likeness (QED) is 0.471. The lowest BCUT2D eigenvalue weighted by Crippen LogP contribution is -2.06. The molecule has 5 heteroatoms. The maximum Gasteiger partial charge on any atom is 0.338 e. The van der Waals surface area contributed by atoms with E-state index in [1.165, 1.54) is 0 Å². The van der Waals surface area contributed by atoms with E-state index < -0.39 is 0 Å². The highest BCUT2D eigenvalue weighted by Crippen LogP contribution is 2.31. The average Bonchev–Trinajstić information content (AvgIpc) is 2.32. The highest BCUT2D eigenvalue weighted by atomic mass is 32.2. The van der Waals surface area contributed by atoms with Crippen molar-refractivity contribution >= 4 is 23.4 Å². The summed E-state index contributed by atoms with van der Waals surface area (Å²) in [4.78, 5) is 12.5. The van der Waals surface area contributed by atoms with Crippen molar-refractivity contribution in [2.75, 3.05) is 18.9 Å². The van der Waals surface area contributed by atoms with Gasteiger partial charge in [0.1, 0.15) is 0 Å². The van der Waals surface area contributed by atoms with Gasteiger partial charge < -0.3 is 15.6 Å². The van der Waals surface area contributed by atoms with Gasteiger partial charge in [-0.15, -0.1) is 11.8 Å². The number of ether oxygens (including phenoxy) is 1. The van der Waals surface area contributed by atoms with Crippen LogP contribution in [-0.2, 0) is 4.74 Å². The Morgan fingerprint density at radius 2 is 2.28 bits per heavy atom. The third-order valence-corrected chi connectivity index (χ3v) is 3.63. The lowest BCUT2D eigenvalue weighted by molar-refractivity contribution is 0.0526. The lowest BCUT2D eigenvalue weighted by Gasteiger charge is -2.12. The van der Waals surface area contributed by atoms with Crippen molar-refractivity contribution in [1.29, 1.82) is 0 Å². The lowest BCUT2D eigenvalue weighted by atomic mass is 10.2. The molecule has 3 N–H and O–H groups in total. The van der Waals surface area contributed by atoms with Crippen LogP contribution in [0.15, 0.2) is 23.1 Å². The standard InChI is InChI=1S/C13H19NO3S/c1-3-17-13(16)10-4-5-11(14)12(8-10)18-9(2)6-7-15/h4-5,8-9,15H,3,6-7,14H2,1-2H3. The van der Waals surface area contributed by atoms with Crippen molar-refractivity contribution in [3.05, 3.63) is 23.8 Å². The summed E-state index contributed by atoms with van der Waals surface area (Å²) in [5, 5.41) is 9.12. The van der Waals surface area contributed by atoms with Crippen LogP contribution in [0.3, 0.4) is 0 Å². The largest absolute Gasteiger partial charge is 0.462 e. The molecule has 0 aliphatic carbocycles. The molecule has 0 aliphatic rings. The van der Waals surface area contributed by atoms with Crippen molar-refractivity contribution in [3.8, 4) is 0 Å². The van der Waals surface area contributed by atoms with E-state index in [2.05, 4.69) is 0 Å². The van der Waals surface area contributed by atoms with Gasteiger partial charge >= 0.3 is 5.97 Å². The van der Waals surface area contributed by atoms with Crippen molar-refractivity contribution in [2.45, 2.75) is 30.4 Å². The Balaban J connectivity index is 2.84. The molecule has 0 fully saturated rings. The molecule has 0 heterocycles. The summed E-state index contributed by atoms with van der Waals surface area (Å²) in [6, 6.07) is 5.11. The van der Waals surface area contributed by atoms with Crippen LogP contribution in [0.4, 0.5) is 5.69 Å². The molecule has 18 heavy (non-hydrogen) atoms. The van der Waals surface area contributed by atoms with Gasteiger partial charge in [0.2, 0.25) is 0 Å². The zero-order chi connectivity index (χ0) is 13.5. The van der Waals surface area contributed by atoms with Crippen LogP contribution in [0.1, 0.15) is 30.6 Å². The summed E-state index contributed by atoms with van der Waals surface area (Å²) in [6.07, 6.45) is 0.688. The van der Waals surface area contributed by atoms with Crippen LogP contribution in [-0.4, -0.2) is 29.5 Å². The summed E-state index contributed by atoms with van der Waals surface area (Å²) in [5.41, 5.74) is 7.01. The van der Waals surface area contributed by atoms with Crippen molar-refractivity contribution < 1.29 is 14.6 Å². The average molecular weight is 269 g/mol. The number of benzene rings is 1. The first-order valence-electron chi connectivity index (χ1n) is 5.92. The highest BCUT2D eigenvalue weighted by molar-refractivity contribution is 8.00. The molecular formula is C13H19NO3S. The molecule has 0 aliphatic heterocycles. The fraction of sp³-hybridized carbons (Fsp3) is 0.462. The highest BCUT2D eigenvalue weighted by Gasteiger charge is 2.12. The minimum Gasteiger partial charge on any atom is -0.462 e. The van der Waals surface area contributed by atoms with E-state index in [0.717, 1.165) is 4.90 Å². The van der Waals surface area contributed by atoms with E-state index in [0.29, 0.717) is 24.3 Å². The van der Waals surface area contributed by atoms with E-state index in [1.54, 1.807) is 36.9 Å². The molecule has 1 aromatic rings. The van der Waals surface area contributed by atoms with Crippen LogP contribution < -0.4 is 5.73 Å². The molecule has 0 saturated heterocycles. The third-order valence-electron chi connectivity index (χ3n) is 2.39. The van der Waals surface area contributed by atoms with Crippen LogP contribution in [0.25, 0.3) is 0 Å². The molecule has 0 amide bonds. The zero-order valence-corrected chi connectivity index (χ0v) is 11.5. The minimum absolute atomic E-state index is 0.144. The Hall–Kier alpha value is -1.20. The summed E-state index contributed by atoms with van der Waals surface area (Å²) in [7, 11) is 0. The van der Waals surface area contributed by atoms with Crippen LogP contribution in [0, 0.1) is 0 Å². The third kappa shape index (κ3) is 4.23. The van der Waals surface area contributed by atoms with E-state index >= 15 is 0 Å². The van der Waals surface area contributed by atoms with Gasteiger partial charge in [0, 0.05) is 22.4 Å². The maximum atomic E-state index is 11.6. The second-order valence-corrected chi connectivity index (χ2v) is 5.39. The number of esters is 1. The van der Waals surface area contributed by atoms with Gasteiger partial charge in [-0.05, 0) is 31.5 Å². The molecule has 0 aromatic heterocycles. The van der Waals surface area contributed by atoms with Gasteiger partial charge in [-0.2, -0.15) is 0 Å². The molecular weight excluding hydrogens is 250 g/mol. The molecule has 1 unspecified atom stereocenters. The van der Waals surface area contributed by atoms with Gasteiger partial charge in [-0.25, -0.2) is 4.79 Å². The first-order valence-corrected chi connectivity index (χ1v) is 6.80. The first-order chi connectivity index (χ1) is 8.58. The number of nitrogens with two attached hydrogens (primary N) is 1. The van der Waals surface area contributed by atoms with Crippen molar-refractivity contribution in [1.82, 2.24) is 0 Å². The normalized spacial score (nSPS) is 12.2. The van der Waals surface area contributed by atoms with Crippen LogP contribution >= 0.6 is 11.8 Å². The smallest absolute Gasteiger partial charge is 0.338 e. The first kappa shape index (κ1) is 14.9. The summed E-state index contributed by atoms with van der Waals surface area (Å²) in [5.74, 6) is -0.339. The maximum absolute atomic E-state index is 11.6. The predicted molar refractivity (Wildman–Crippen MR) is 73.8 cm³/mol. The Labute approximate surface area is 112 Å². The fourth-order valence-electron chi connectivity index (χ4n) is 1.44. The predicted octanol–water partition coefficient (Wildman–Crippen LogP) is 2.31. The molecule has 1 atom stereocenters. The molecule has 0 bridgehead atoms. The van der Waals surface area contributed by atoms with Crippen molar-refractivity contribution in [2.24, 2.45) is 0 Å². The number of anilines is 1. The second kappa shape index (κ2) is 7.28. The molecule has 0 radical (unpaired) electrons. The van der Waals surface area contributed by atoms with E-state index in [4.69, 9.17) is 15.6 Å². The molecule has 100 valence electrons. The van der Waals surface area contributed by atoms with Gasteiger partial charge in [0.15, 0.2) is 0 Å². The van der Waals surface area contributed by atoms with E-state index in [-0.39, 0.29) is 17.8 Å². The molecule has 1 aromatic carbocycles. The minimum atomic E-state index is -0.339. The number of carbonyl (C=O) groups excluding carboxylic acids is 1. The van der Waals surface area contributed by atoms with Crippen LogP contribution in [0.2, 0.25) is 0 Å². The number of carbonyl (C=O) groups is 1. The Morgan fingerprint density at radius 1 is 1.56 bits per heavy atom. The van der Waals surface area contributed by atoms with E-state index in [1.807, 2.05) is 6.92 Å². The van der Waals surface area contributed by atoms with Gasteiger partial charge in [-0.3, -0.25) is 0 Å². The number of aliphatic hydroxyl groups is 1. The molecule has 4 nitrogen and oxygen atoms in total. The number of thioether (sulfide) groups is 1. The Bertz CT molecular complexity index is 409. The van der Waals surface area contributed by atoms with E-state index in [9.17, 15) is 4.79 Å². The SMILES string of the molecule is CCOC(=O)c1ccc(N)c(SC(C)CCO)c1. The number of hydrogen-bond donors (Lipinski definition) is 2. The summed E-state index contributed by atoms with van der Waals surface area (Å²) in [6.45, 7) is 4.28. The van der Waals surface area contributed by atoms with Gasteiger partial charge in [-0.1, -0.05) is 6.92 Å². The van der Waals surface area contributed by atoms with Crippen molar-refractivity contribution in [3.63, 3.8) is 0 Å². The van der Waals surface area contributed by atoms with Crippen LogP contribution in [0.5, 0.6) is 0 Å². The van der Waals surface area contributed by atoms with Gasteiger partial charge in [0.25, 0.3) is 0 Å². The summed E-state index contributed by atoms with van der Waals surface area (Å²) >= 11 is 1.55. The second-order valence-electron chi connectivity index (χ2n) is 3.91. The monoisotopic (exact) mass is 269 g/mol. The number of aliphatic hydroxyl groups excluding tert-OH is 1. The topological polar surface area (TPSA) is 72.5 Å². The number of nitrogen functional groups attached to an aromatic ring is 1. The fourth-order valence-corrected chi connectivity index (χ4v) is 2.49. The zero-order valence-electron chi connectivity index (χ0n) is 10.7. The summed E-state index contributed by atoms with van der Waals surface area (Å²) < 4.78 is 4.95. The Morgan fingerprint density at radius 3 is 2.89 bits per heavy atom. The molecule has 1 rings (SSSR count). The Kier molecular flexibility index (Phi) is 6.01. The molecule has 0 saturated carbocycles. The van der Waals surface area contributed by atoms with Gasteiger partial charge in [0.05, 0.1) is 12.2 Å².